The maximum absolute atomic E-state index is 9.83. The Hall–Kier alpha value is -0.590. The molecule has 116 valence electrons. The summed E-state index contributed by atoms with van der Waals surface area (Å²) in [5.41, 5.74) is -0.123. The van der Waals surface area contributed by atoms with E-state index in [-0.39, 0.29) is 11.0 Å². The van der Waals surface area contributed by atoms with Gasteiger partial charge in [-0.05, 0) is 37.3 Å². The molecule has 0 bridgehead atoms. The minimum absolute atomic E-state index is 0.193. The molecule has 3 nitrogen and oxygen atoms in total. The zero-order valence-corrected chi connectivity index (χ0v) is 14.1. The van der Waals surface area contributed by atoms with Gasteiger partial charge in [0.15, 0.2) is 0 Å². The van der Waals surface area contributed by atoms with Crippen LogP contribution >= 0.6 is 0 Å². The zero-order valence-electron chi connectivity index (χ0n) is 14.1. The second kappa shape index (κ2) is 7.43. The maximum atomic E-state index is 9.83. The van der Waals surface area contributed by atoms with Crippen LogP contribution in [0.15, 0.2) is 0 Å². The summed E-state index contributed by atoms with van der Waals surface area (Å²) in [5.74, 6) is 0.449. The molecule has 1 aliphatic rings. The molecule has 1 saturated carbocycles. The highest BCUT2D eigenvalue weighted by Crippen LogP contribution is 2.44. The summed E-state index contributed by atoms with van der Waals surface area (Å²) in [4.78, 5) is 2.41. The average Bonchev–Trinajstić information content (AvgIpc) is 2.43. The van der Waals surface area contributed by atoms with Gasteiger partial charge < -0.3 is 4.90 Å². The Morgan fingerprint density at radius 3 is 2.40 bits per heavy atom. The smallest absolute Gasteiger partial charge is 0.110 e. The highest BCUT2D eigenvalue weighted by atomic mass is 15.1. The first-order valence-electron chi connectivity index (χ1n) is 8.28. The third-order valence-corrected chi connectivity index (χ3v) is 4.92. The van der Waals surface area contributed by atoms with Crippen molar-refractivity contribution in [3.8, 4) is 6.07 Å². The lowest BCUT2D eigenvalue weighted by Crippen LogP contribution is -2.57. The second-order valence-electron chi connectivity index (χ2n) is 7.20. The summed E-state index contributed by atoms with van der Waals surface area (Å²) in [6.07, 6.45) is 4.63. The molecule has 1 aliphatic carbocycles. The molecule has 0 aromatic heterocycles. The lowest BCUT2D eigenvalue weighted by molar-refractivity contribution is 0.0858. The van der Waals surface area contributed by atoms with Crippen molar-refractivity contribution < 1.29 is 0 Å². The molecule has 1 rings (SSSR count). The third kappa shape index (κ3) is 4.20. The van der Waals surface area contributed by atoms with E-state index in [2.05, 4.69) is 50.9 Å². The van der Waals surface area contributed by atoms with Crippen LogP contribution in [0.25, 0.3) is 0 Å². The van der Waals surface area contributed by atoms with E-state index in [1.807, 2.05) is 0 Å². The second-order valence-corrected chi connectivity index (χ2v) is 7.20. The molecular formula is C17H33N3. The van der Waals surface area contributed by atoms with Crippen LogP contribution in [0.2, 0.25) is 0 Å². The fraction of sp³-hybridized carbons (Fsp3) is 0.941. The number of nitrogens with zero attached hydrogens (tertiary/aromatic N) is 2. The van der Waals surface area contributed by atoms with Crippen LogP contribution in [0.3, 0.4) is 0 Å². The Kier molecular flexibility index (Phi) is 6.48. The van der Waals surface area contributed by atoms with Gasteiger partial charge in [0.25, 0.3) is 0 Å². The molecule has 0 heterocycles. The van der Waals surface area contributed by atoms with Crippen molar-refractivity contribution in [1.29, 1.82) is 5.26 Å². The van der Waals surface area contributed by atoms with Gasteiger partial charge in [0.1, 0.15) is 5.54 Å². The average molecular weight is 279 g/mol. The van der Waals surface area contributed by atoms with E-state index >= 15 is 0 Å². The van der Waals surface area contributed by atoms with Crippen molar-refractivity contribution in [2.45, 2.75) is 65.8 Å². The quantitative estimate of drug-likeness (QED) is 0.810. The lowest BCUT2D eigenvalue weighted by atomic mass is 9.62. The minimum Gasteiger partial charge on any atom is -0.303 e. The highest BCUT2D eigenvalue weighted by Gasteiger charge is 2.46. The molecule has 20 heavy (non-hydrogen) atoms. The number of hydrogen-bond acceptors (Lipinski definition) is 3. The van der Waals surface area contributed by atoms with Crippen molar-refractivity contribution >= 4 is 0 Å². The fourth-order valence-electron chi connectivity index (χ4n) is 3.71. The predicted octanol–water partition coefficient (Wildman–Crippen LogP) is 3.42. The number of rotatable bonds is 6. The Morgan fingerprint density at radius 1 is 1.25 bits per heavy atom. The Balaban J connectivity index is 2.71. The van der Waals surface area contributed by atoms with E-state index in [9.17, 15) is 5.26 Å². The topological polar surface area (TPSA) is 39.1 Å². The number of nitrogens with one attached hydrogen (secondary N) is 1. The van der Waals surface area contributed by atoms with Crippen LogP contribution in [0.1, 0.15) is 60.3 Å². The number of hydrogen-bond donors (Lipinski definition) is 1. The fourth-order valence-corrected chi connectivity index (χ4v) is 3.71. The Bertz CT molecular complexity index is 322. The van der Waals surface area contributed by atoms with Gasteiger partial charge in [0.2, 0.25) is 0 Å². The molecule has 1 fully saturated rings. The van der Waals surface area contributed by atoms with E-state index in [0.29, 0.717) is 5.92 Å². The summed E-state index contributed by atoms with van der Waals surface area (Å²) in [6.45, 7) is 15.4. The summed E-state index contributed by atoms with van der Waals surface area (Å²) in [5, 5.41) is 13.5. The van der Waals surface area contributed by atoms with Crippen molar-refractivity contribution in [2.24, 2.45) is 11.3 Å². The van der Waals surface area contributed by atoms with E-state index < -0.39 is 0 Å². The molecule has 0 amide bonds. The van der Waals surface area contributed by atoms with Crippen LogP contribution in [0.5, 0.6) is 0 Å². The van der Waals surface area contributed by atoms with Gasteiger partial charge in [0.05, 0.1) is 6.07 Å². The largest absolute Gasteiger partial charge is 0.303 e. The SMILES string of the molecule is CCN(CC)CCNC1(C#N)CCCCC1C(C)(C)C. The standard InChI is InChI=1S/C17H33N3/c1-6-20(7-2)13-12-19-17(14-18)11-9-8-10-15(17)16(3,4)5/h15,19H,6-13H2,1-5H3. The van der Waals surface area contributed by atoms with E-state index in [4.69, 9.17) is 0 Å². The van der Waals surface area contributed by atoms with E-state index in [1.54, 1.807) is 0 Å². The van der Waals surface area contributed by atoms with Crippen molar-refractivity contribution in [3.05, 3.63) is 0 Å². The van der Waals surface area contributed by atoms with Gasteiger partial charge in [-0.15, -0.1) is 0 Å². The van der Waals surface area contributed by atoms with Gasteiger partial charge in [0, 0.05) is 13.1 Å². The summed E-state index contributed by atoms with van der Waals surface area (Å²) >= 11 is 0. The minimum atomic E-state index is -0.316. The van der Waals surface area contributed by atoms with Crippen LogP contribution in [0, 0.1) is 22.7 Å². The first-order chi connectivity index (χ1) is 9.39. The predicted molar refractivity (Wildman–Crippen MR) is 85.5 cm³/mol. The normalized spacial score (nSPS) is 27.6. The van der Waals surface area contributed by atoms with Crippen LogP contribution in [-0.2, 0) is 0 Å². The molecule has 0 radical (unpaired) electrons. The number of likely N-dealkylation sites (N-methyl/N-ethyl adjacent to an activating group) is 1. The molecular weight excluding hydrogens is 246 g/mol. The summed E-state index contributed by atoms with van der Waals surface area (Å²) < 4.78 is 0. The summed E-state index contributed by atoms with van der Waals surface area (Å²) in [7, 11) is 0. The highest BCUT2D eigenvalue weighted by molar-refractivity contribution is 5.14. The molecule has 0 spiro atoms. The first-order valence-corrected chi connectivity index (χ1v) is 8.28. The van der Waals surface area contributed by atoms with Gasteiger partial charge >= 0.3 is 0 Å². The zero-order chi connectivity index (χ0) is 15.2. The molecule has 2 unspecified atom stereocenters. The monoisotopic (exact) mass is 279 g/mol. The first kappa shape index (κ1) is 17.5. The van der Waals surface area contributed by atoms with E-state index in [0.717, 1.165) is 32.6 Å². The molecule has 0 aromatic rings. The van der Waals surface area contributed by atoms with Crippen molar-refractivity contribution in [1.82, 2.24) is 10.2 Å². The lowest BCUT2D eigenvalue weighted by Gasteiger charge is -2.46. The number of nitriles is 1. The van der Waals surface area contributed by atoms with Crippen LogP contribution < -0.4 is 5.32 Å². The molecule has 1 N–H and O–H groups in total. The maximum Gasteiger partial charge on any atom is 0.110 e. The molecule has 3 heteroatoms. The van der Waals surface area contributed by atoms with Gasteiger partial charge in [-0.3, -0.25) is 5.32 Å². The third-order valence-electron chi connectivity index (χ3n) is 4.92. The Labute approximate surface area is 125 Å². The van der Waals surface area contributed by atoms with E-state index in [1.165, 1.54) is 19.3 Å². The summed E-state index contributed by atoms with van der Waals surface area (Å²) in [6, 6.07) is 2.65. The molecule has 0 aliphatic heterocycles. The molecule has 0 saturated heterocycles. The van der Waals surface area contributed by atoms with Gasteiger partial charge in [-0.1, -0.05) is 47.5 Å². The van der Waals surface area contributed by atoms with Crippen molar-refractivity contribution in [2.75, 3.05) is 26.2 Å². The van der Waals surface area contributed by atoms with Gasteiger partial charge in [-0.2, -0.15) is 5.26 Å². The molecule has 0 aromatic carbocycles. The molecule has 2 atom stereocenters. The van der Waals surface area contributed by atoms with Gasteiger partial charge in [-0.25, -0.2) is 0 Å². The van der Waals surface area contributed by atoms with Crippen LogP contribution in [0.4, 0.5) is 0 Å². The van der Waals surface area contributed by atoms with Crippen LogP contribution in [-0.4, -0.2) is 36.6 Å². The van der Waals surface area contributed by atoms with Crippen molar-refractivity contribution in [3.63, 3.8) is 0 Å². The Morgan fingerprint density at radius 2 is 1.90 bits per heavy atom.